The van der Waals surface area contributed by atoms with Crippen LogP contribution in [0.3, 0.4) is 0 Å². The van der Waals surface area contributed by atoms with E-state index >= 15 is 0 Å². The van der Waals surface area contributed by atoms with Gasteiger partial charge in [-0.2, -0.15) is 0 Å². The Morgan fingerprint density at radius 2 is 2.10 bits per heavy atom. The van der Waals surface area contributed by atoms with Crippen molar-refractivity contribution in [3.05, 3.63) is 4.88 Å². The molecular weight excluding hydrogens is 272 g/mol. The lowest BCUT2D eigenvalue weighted by atomic mass is 9.83. The number of thiazole rings is 1. The van der Waals surface area contributed by atoms with E-state index in [0.717, 1.165) is 37.1 Å². The first kappa shape index (κ1) is 13.7. The molecule has 1 saturated carbocycles. The number of nitrogens with zero attached hydrogens (tertiary/aromatic N) is 2. The molecule has 3 rings (SSSR count). The summed E-state index contributed by atoms with van der Waals surface area (Å²) < 4.78 is 0. The van der Waals surface area contributed by atoms with Crippen LogP contribution in [0.15, 0.2) is 0 Å². The molecule has 2 fully saturated rings. The van der Waals surface area contributed by atoms with Crippen molar-refractivity contribution in [3.8, 4) is 0 Å². The summed E-state index contributed by atoms with van der Waals surface area (Å²) in [6.45, 7) is 2.80. The van der Waals surface area contributed by atoms with Crippen molar-refractivity contribution in [1.82, 2.24) is 10.3 Å². The van der Waals surface area contributed by atoms with Gasteiger partial charge in [-0.05, 0) is 25.2 Å². The van der Waals surface area contributed by atoms with Crippen LogP contribution in [-0.4, -0.2) is 30.5 Å². The third-order valence-corrected chi connectivity index (χ3v) is 5.42. The van der Waals surface area contributed by atoms with Gasteiger partial charge in [-0.1, -0.05) is 30.6 Å². The van der Waals surface area contributed by atoms with E-state index in [1.807, 2.05) is 0 Å². The molecule has 1 amide bonds. The maximum Gasteiger partial charge on any atom is 0.265 e. The number of carbonyl (C=O) groups excluding carboxylic acids is 1. The number of nitrogen functional groups attached to an aromatic ring is 1. The molecule has 2 aliphatic rings. The summed E-state index contributed by atoms with van der Waals surface area (Å²) in [5, 5.41) is 3.87. The van der Waals surface area contributed by atoms with E-state index in [1.54, 1.807) is 0 Å². The molecule has 0 atom stereocenters. The first-order chi connectivity index (χ1) is 9.74. The standard InChI is InChI=1S/C14H22N4OS/c15-12-11(13(19)16-7-6-10-4-3-5-10)20-14(17-12)18-8-1-2-9-18/h10H,1-9,15H2,(H,16,19). The van der Waals surface area contributed by atoms with Crippen molar-refractivity contribution in [2.45, 2.75) is 38.5 Å². The van der Waals surface area contributed by atoms with E-state index in [-0.39, 0.29) is 5.91 Å². The van der Waals surface area contributed by atoms with Crippen LogP contribution in [0, 0.1) is 5.92 Å². The second-order valence-electron chi connectivity index (χ2n) is 5.75. The molecule has 6 heteroatoms. The fourth-order valence-electron chi connectivity index (χ4n) is 2.78. The Labute approximate surface area is 123 Å². The van der Waals surface area contributed by atoms with Crippen LogP contribution in [0.25, 0.3) is 0 Å². The second-order valence-corrected chi connectivity index (χ2v) is 6.72. The summed E-state index contributed by atoms with van der Waals surface area (Å²) in [6, 6.07) is 0. The Balaban J connectivity index is 1.56. The van der Waals surface area contributed by atoms with Gasteiger partial charge in [0.1, 0.15) is 10.7 Å². The Hall–Kier alpha value is -1.30. The van der Waals surface area contributed by atoms with E-state index in [0.29, 0.717) is 10.7 Å². The highest BCUT2D eigenvalue weighted by molar-refractivity contribution is 7.18. The molecule has 5 nitrogen and oxygen atoms in total. The number of rotatable bonds is 5. The highest BCUT2D eigenvalue weighted by Gasteiger charge is 2.22. The van der Waals surface area contributed by atoms with Gasteiger partial charge in [0.25, 0.3) is 5.91 Å². The molecule has 1 aromatic rings. The second kappa shape index (κ2) is 5.99. The van der Waals surface area contributed by atoms with Gasteiger partial charge in [-0.3, -0.25) is 4.79 Å². The molecule has 0 radical (unpaired) electrons. The van der Waals surface area contributed by atoms with Crippen LogP contribution in [0.1, 0.15) is 48.2 Å². The number of hydrogen-bond acceptors (Lipinski definition) is 5. The van der Waals surface area contributed by atoms with Crippen LogP contribution in [-0.2, 0) is 0 Å². The quantitative estimate of drug-likeness (QED) is 0.873. The van der Waals surface area contributed by atoms with E-state index in [9.17, 15) is 4.79 Å². The van der Waals surface area contributed by atoms with Gasteiger partial charge < -0.3 is 16.0 Å². The number of hydrogen-bond donors (Lipinski definition) is 2. The van der Waals surface area contributed by atoms with Gasteiger partial charge in [0, 0.05) is 19.6 Å². The third kappa shape index (κ3) is 2.90. The van der Waals surface area contributed by atoms with E-state index < -0.39 is 0 Å². The number of carbonyl (C=O) groups is 1. The topological polar surface area (TPSA) is 71.2 Å². The first-order valence-electron chi connectivity index (χ1n) is 7.53. The Kier molecular flexibility index (Phi) is 4.10. The van der Waals surface area contributed by atoms with Crippen molar-refractivity contribution in [2.24, 2.45) is 5.92 Å². The normalized spacial score (nSPS) is 19.1. The minimum atomic E-state index is -0.0650. The zero-order valence-corrected chi connectivity index (χ0v) is 12.5. The Morgan fingerprint density at radius 1 is 1.35 bits per heavy atom. The fourth-order valence-corrected chi connectivity index (χ4v) is 3.73. The van der Waals surface area contributed by atoms with Crippen LogP contribution < -0.4 is 16.0 Å². The molecule has 0 unspecified atom stereocenters. The van der Waals surface area contributed by atoms with Crippen LogP contribution in [0.5, 0.6) is 0 Å². The zero-order chi connectivity index (χ0) is 13.9. The van der Waals surface area contributed by atoms with Gasteiger partial charge in [-0.25, -0.2) is 4.98 Å². The molecular formula is C14H22N4OS. The molecule has 1 aliphatic heterocycles. The monoisotopic (exact) mass is 294 g/mol. The number of aromatic nitrogens is 1. The maximum atomic E-state index is 12.1. The predicted octanol–water partition coefficient (Wildman–Crippen LogP) is 2.25. The minimum Gasteiger partial charge on any atom is -0.382 e. The molecule has 0 bridgehead atoms. The molecule has 0 spiro atoms. The smallest absolute Gasteiger partial charge is 0.265 e. The highest BCUT2D eigenvalue weighted by atomic mass is 32.1. The average Bonchev–Trinajstić information content (AvgIpc) is 3.00. The van der Waals surface area contributed by atoms with E-state index in [4.69, 9.17) is 5.73 Å². The summed E-state index contributed by atoms with van der Waals surface area (Å²) in [6.07, 6.45) is 7.46. The number of nitrogens with two attached hydrogens (primary N) is 1. The summed E-state index contributed by atoms with van der Waals surface area (Å²) in [5.41, 5.74) is 5.89. The maximum absolute atomic E-state index is 12.1. The predicted molar refractivity (Wildman–Crippen MR) is 82.3 cm³/mol. The summed E-state index contributed by atoms with van der Waals surface area (Å²) >= 11 is 1.42. The minimum absolute atomic E-state index is 0.0650. The highest BCUT2D eigenvalue weighted by Crippen LogP contribution is 2.31. The molecule has 0 aromatic carbocycles. The number of amides is 1. The van der Waals surface area contributed by atoms with Gasteiger partial charge in [0.15, 0.2) is 5.13 Å². The van der Waals surface area contributed by atoms with Crippen molar-refractivity contribution in [2.75, 3.05) is 30.3 Å². The lowest BCUT2D eigenvalue weighted by Gasteiger charge is -2.25. The van der Waals surface area contributed by atoms with Gasteiger partial charge in [-0.15, -0.1) is 0 Å². The largest absolute Gasteiger partial charge is 0.382 e. The van der Waals surface area contributed by atoms with Crippen LogP contribution in [0.4, 0.5) is 10.9 Å². The van der Waals surface area contributed by atoms with Crippen molar-refractivity contribution >= 4 is 28.2 Å². The van der Waals surface area contributed by atoms with Gasteiger partial charge in [0.05, 0.1) is 0 Å². The molecule has 1 saturated heterocycles. The van der Waals surface area contributed by atoms with Crippen molar-refractivity contribution in [1.29, 1.82) is 0 Å². The number of anilines is 2. The van der Waals surface area contributed by atoms with Crippen molar-refractivity contribution in [3.63, 3.8) is 0 Å². The molecule has 3 N–H and O–H groups in total. The number of nitrogens with one attached hydrogen (secondary N) is 1. The summed E-state index contributed by atoms with van der Waals surface area (Å²) in [7, 11) is 0. The molecule has 110 valence electrons. The molecule has 1 aromatic heterocycles. The summed E-state index contributed by atoms with van der Waals surface area (Å²) in [5.74, 6) is 1.12. The van der Waals surface area contributed by atoms with Gasteiger partial charge in [0.2, 0.25) is 0 Å². The average molecular weight is 294 g/mol. The van der Waals surface area contributed by atoms with E-state index in [1.165, 1.54) is 43.4 Å². The Morgan fingerprint density at radius 3 is 2.75 bits per heavy atom. The SMILES string of the molecule is Nc1nc(N2CCCC2)sc1C(=O)NCCC1CCC1. The molecule has 20 heavy (non-hydrogen) atoms. The summed E-state index contributed by atoms with van der Waals surface area (Å²) in [4.78, 5) is 19.3. The van der Waals surface area contributed by atoms with E-state index in [2.05, 4.69) is 15.2 Å². The lowest BCUT2D eigenvalue weighted by molar-refractivity contribution is 0.0953. The lowest BCUT2D eigenvalue weighted by Crippen LogP contribution is -2.27. The van der Waals surface area contributed by atoms with Crippen molar-refractivity contribution < 1.29 is 4.79 Å². The van der Waals surface area contributed by atoms with Crippen LogP contribution >= 0.6 is 11.3 Å². The molecule has 2 heterocycles. The Bertz CT molecular complexity index is 478. The fraction of sp³-hybridized carbons (Fsp3) is 0.714. The first-order valence-corrected chi connectivity index (χ1v) is 8.35. The van der Waals surface area contributed by atoms with Crippen LogP contribution in [0.2, 0.25) is 0 Å². The zero-order valence-electron chi connectivity index (χ0n) is 11.7. The molecule has 1 aliphatic carbocycles. The third-order valence-electron chi connectivity index (χ3n) is 4.29. The van der Waals surface area contributed by atoms with Gasteiger partial charge >= 0.3 is 0 Å².